The third-order valence-corrected chi connectivity index (χ3v) is 4.37. The molecule has 1 heterocycles. The fraction of sp³-hybridized carbons (Fsp3) is 0.333. The Morgan fingerprint density at radius 2 is 1.96 bits per heavy atom. The molecule has 1 aromatic heterocycles. The van der Waals surface area contributed by atoms with Gasteiger partial charge in [-0.05, 0) is 35.6 Å². The highest BCUT2D eigenvalue weighted by Gasteiger charge is 2.06. The number of amides is 1. The van der Waals surface area contributed by atoms with E-state index >= 15 is 0 Å². The number of nitrogens with one attached hydrogen (secondary N) is 2. The van der Waals surface area contributed by atoms with Crippen molar-refractivity contribution in [3.05, 3.63) is 52.2 Å². The van der Waals surface area contributed by atoms with E-state index in [2.05, 4.69) is 27.1 Å². The third kappa shape index (κ3) is 7.87. The van der Waals surface area contributed by atoms with Crippen molar-refractivity contribution in [2.75, 3.05) is 11.9 Å². The number of halogens is 1. The lowest BCUT2D eigenvalue weighted by molar-refractivity contribution is -0.118. The van der Waals surface area contributed by atoms with E-state index in [1.807, 2.05) is 44.2 Å². The van der Waals surface area contributed by atoms with E-state index < -0.39 is 0 Å². The minimum Gasteiger partial charge on any atom is -0.370 e. The van der Waals surface area contributed by atoms with Crippen molar-refractivity contribution < 1.29 is 4.79 Å². The van der Waals surface area contributed by atoms with Crippen molar-refractivity contribution in [3.63, 3.8) is 0 Å². The first kappa shape index (κ1) is 21.4. The van der Waals surface area contributed by atoms with Crippen LogP contribution < -0.4 is 16.4 Å². The highest BCUT2D eigenvalue weighted by atomic mass is 127. The number of carbonyl (C=O) groups excluding carboxylic acids is 1. The molecule has 0 bridgehead atoms. The van der Waals surface area contributed by atoms with E-state index in [1.54, 1.807) is 11.3 Å². The number of carbonyl (C=O) groups is 1. The third-order valence-electron chi connectivity index (χ3n) is 3.44. The second-order valence-corrected chi connectivity index (χ2v) is 6.83. The summed E-state index contributed by atoms with van der Waals surface area (Å²) in [4.78, 5) is 17.3. The number of nitrogens with two attached hydrogens (primary N) is 1. The zero-order valence-corrected chi connectivity index (χ0v) is 17.6. The first-order valence-corrected chi connectivity index (χ1v) is 8.88. The summed E-state index contributed by atoms with van der Waals surface area (Å²) < 4.78 is 0. The monoisotopic (exact) mass is 472 g/mol. The van der Waals surface area contributed by atoms with Crippen molar-refractivity contribution >= 4 is 52.9 Å². The maximum absolute atomic E-state index is 11.6. The van der Waals surface area contributed by atoms with Gasteiger partial charge >= 0.3 is 0 Å². The van der Waals surface area contributed by atoms with E-state index in [9.17, 15) is 4.79 Å². The average Bonchev–Trinajstić information content (AvgIpc) is 3.07. The Kier molecular flexibility index (Phi) is 9.51. The summed E-state index contributed by atoms with van der Waals surface area (Å²) in [5, 5.41) is 8.05. The molecular weight excluding hydrogens is 447 g/mol. The summed E-state index contributed by atoms with van der Waals surface area (Å²) in [6.07, 6.45) is 0.943. The molecule has 1 amide bonds. The topological polar surface area (TPSA) is 79.5 Å². The molecule has 1 aromatic carbocycles. The van der Waals surface area contributed by atoms with Gasteiger partial charge in [-0.2, -0.15) is 0 Å². The van der Waals surface area contributed by atoms with Crippen molar-refractivity contribution in [2.45, 2.75) is 26.8 Å². The van der Waals surface area contributed by atoms with Gasteiger partial charge < -0.3 is 16.4 Å². The lowest BCUT2D eigenvalue weighted by atomic mass is 10.2. The molecule has 2 aromatic rings. The largest absolute Gasteiger partial charge is 0.370 e. The van der Waals surface area contributed by atoms with E-state index in [4.69, 9.17) is 5.73 Å². The molecule has 5 nitrogen and oxygen atoms in total. The molecule has 0 aliphatic rings. The summed E-state index contributed by atoms with van der Waals surface area (Å²) in [7, 11) is 0. The molecule has 0 unspecified atom stereocenters. The van der Waals surface area contributed by atoms with Crippen LogP contribution in [0.1, 0.15) is 24.3 Å². The minimum absolute atomic E-state index is 0. The van der Waals surface area contributed by atoms with Crippen molar-refractivity contribution in [3.8, 4) is 0 Å². The number of rotatable bonds is 7. The predicted molar refractivity (Wildman–Crippen MR) is 117 cm³/mol. The van der Waals surface area contributed by atoms with Crippen LogP contribution >= 0.6 is 35.3 Å². The predicted octanol–water partition coefficient (Wildman–Crippen LogP) is 3.61. The van der Waals surface area contributed by atoms with Gasteiger partial charge in [-0.1, -0.05) is 32.0 Å². The first-order chi connectivity index (χ1) is 11.5. The summed E-state index contributed by atoms with van der Waals surface area (Å²) >= 11 is 1.74. The molecule has 0 atom stereocenters. The lowest BCUT2D eigenvalue weighted by Gasteiger charge is -2.08. The number of hydrogen-bond donors (Lipinski definition) is 3. The van der Waals surface area contributed by atoms with Crippen LogP contribution in [0.2, 0.25) is 0 Å². The van der Waals surface area contributed by atoms with Gasteiger partial charge in [-0.25, -0.2) is 4.99 Å². The maximum atomic E-state index is 11.6. The Bertz CT molecular complexity index is 669. The van der Waals surface area contributed by atoms with Gasteiger partial charge in [-0.3, -0.25) is 4.79 Å². The van der Waals surface area contributed by atoms with Crippen molar-refractivity contribution in [2.24, 2.45) is 16.6 Å². The van der Waals surface area contributed by atoms with Crippen LogP contribution in [-0.2, 0) is 17.8 Å². The van der Waals surface area contributed by atoms with Gasteiger partial charge in [0.05, 0.1) is 6.54 Å². The molecule has 0 saturated heterocycles. The van der Waals surface area contributed by atoms with Gasteiger partial charge in [0, 0.05) is 23.0 Å². The van der Waals surface area contributed by atoms with Crippen LogP contribution in [0.5, 0.6) is 0 Å². The number of benzene rings is 1. The molecule has 4 N–H and O–H groups in total. The summed E-state index contributed by atoms with van der Waals surface area (Å²) in [5.74, 6) is 0.429. The zero-order valence-electron chi connectivity index (χ0n) is 14.5. The minimum atomic E-state index is -0.0330. The number of nitrogens with zero attached hydrogens (tertiary/aromatic N) is 1. The summed E-state index contributed by atoms with van der Waals surface area (Å²) in [5.41, 5.74) is 7.71. The lowest BCUT2D eigenvalue weighted by Crippen LogP contribution is -2.33. The van der Waals surface area contributed by atoms with Crippen molar-refractivity contribution in [1.29, 1.82) is 0 Å². The van der Waals surface area contributed by atoms with E-state index in [1.165, 1.54) is 4.88 Å². The second-order valence-electron chi connectivity index (χ2n) is 5.80. The van der Waals surface area contributed by atoms with Gasteiger partial charge in [-0.15, -0.1) is 35.3 Å². The Morgan fingerprint density at radius 1 is 1.24 bits per heavy atom. The fourth-order valence-electron chi connectivity index (χ4n) is 1.98. The van der Waals surface area contributed by atoms with Gasteiger partial charge in [0.2, 0.25) is 5.91 Å². The van der Waals surface area contributed by atoms with Gasteiger partial charge in [0.1, 0.15) is 0 Å². The first-order valence-electron chi connectivity index (χ1n) is 8.00. The normalized spacial score (nSPS) is 11.1. The van der Waals surface area contributed by atoms with Crippen molar-refractivity contribution in [1.82, 2.24) is 5.32 Å². The van der Waals surface area contributed by atoms with Crippen LogP contribution in [0.4, 0.5) is 5.69 Å². The fourth-order valence-corrected chi connectivity index (χ4v) is 2.69. The number of anilines is 1. The highest BCUT2D eigenvalue weighted by molar-refractivity contribution is 14.0. The van der Waals surface area contributed by atoms with E-state index in [-0.39, 0.29) is 35.8 Å². The van der Waals surface area contributed by atoms with Gasteiger partial charge in [0.15, 0.2) is 5.96 Å². The van der Waals surface area contributed by atoms with Crippen LogP contribution in [-0.4, -0.2) is 18.4 Å². The maximum Gasteiger partial charge on any atom is 0.226 e. The molecule has 136 valence electrons. The molecule has 0 aliphatic heterocycles. The Morgan fingerprint density at radius 3 is 2.56 bits per heavy atom. The standard InChI is InChI=1S/C18H24N4OS.HI/c1-13(2)17(23)22-15-7-5-14(6-8-15)12-21-18(19)20-10-9-16-4-3-11-24-16;/h3-8,11,13H,9-10,12H2,1-2H3,(H,22,23)(H3,19,20,21);1H. The summed E-state index contributed by atoms with van der Waals surface area (Å²) in [6.45, 7) is 5.02. The number of aliphatic imine (C=N–C) groups is 1. The number of hydrogen-bond acceptors (Lipinski definition) is 3. The molecule has 0 fully saturated rings. The molecule has 2 rings (SSSR count). The quantitative estimate of drug-likeness (QED) is 0.327. The molecular formula is C18H25IN4OS. The molecule has 7 heteroatoms. The number of thiophene rings is 1. The highest BCUT2D eigenvalue weighted by Crippen LogP contribution is 2.12. The molecule has 25 heavy (non-hydrogen) atoms. The summed E-state index contributed by atoms with van der Waals surface area (Å²) in [6, 6.07) is 11.8. The molecule has 0 radical (unpaired) electrons. The van der Waals surface area contributed by atoms with Crippen LogP contribution in [0.3, 0.4) is 0 Å². The van der Waals surface area contributed by atoms with Crippen LogP contribution in [0.15, 0.2) is 46.8 Å². The average molecular weight is 472 g/mol. The molecule has 0 aliphatic carbocycles. The second kappa shape index (κ2) is 11.1. The molecule has 0 saturated carbocycles. The van der Waals surface area contributed by atoms with Crippen LogP contribution in [0, 0.1) is 5.92 Å². The smallest absolute Gasteiger partial charge is 0.226 e. The zero-order chi connectivity index (χ0) is 17.4. The Labute approximate surface area is 170 Å². The van der Waals surface area contributed by atoms with Crippen LogP contribution in [0.25, 0.3) is 0 Å². The Hall–Kier alpha value is -1.61. The Balaban J connectivity index is 0.00000312. The SMILES string of the molecule is CC(C)C(=O)Nc1ccc(CN=C(N)NCCc2cccs2)cc1.I. The van der Waals surface area contributed by atoms with Gasteiger partial charge in [0.25, 0.3) is 0 Å². The van der Waals surface area contributed by atoms with E-state index in [0.29, 0.717) is 12.5 Å². The molecule has 0 spiro atoms. The number of guanidine groups is 1. The van der Waals surface area contributed by atoms with E-state index in [0.717, 1.165) is 24.2 Å².